The highest BCUT2D eigenvalue weighted by atomic mass is 32.2. The molecule has 1 amide bonds. The quantitative estimate of drug-likeness (QED) is 0.112. The molecule has 0 aliphatic heterocycles. The SMILES string of the molecule is CCOC(=O)c1c(-c2ccc(C)cc2)csc1NC(=O)CSc1ncnc2scc(-c3ccc(OC)cc3)c12. The molecule has 0 fully saturated rings. The number of benzene rings is 2. The summed E-state index contributed by atoms with van der Waals surface area (Å²) in [7, 11) is 1.64. The summed E-state index contributed by atoms with van der Waals surface area (Å²) in [5, 5.41) is 8.96. The number of rotatable bonds is 9. The van der Waals surface area contributed by atoms with Crippen molar-refractivity contribution in [1.29, 1.82) is 0 Å². The number of thiophene rings is 2. The lowest BCUT2D eigenvalue weighted by Gasteiger charge is -2.09. The van der Waals surface area contributed by atoms with Crippen LogP contribution in [-0.4, -0.2) is 41.3 Å². The number of amides is 1. The summed E-state index contributed by atoms with van der Waals surface area (Å²) < 4.78 is 10.6. The zero-order chi connectivity index (χ0) is 27.4. The molecule has 0 aliphatic carbocycles. The molecule has 0 aliphatic rings. The minimum Gasteiger partial charge on any atom is -0.497 e. The van der Waals surface area contributed by atoms with Gasteiger partial charge in [-0.3, -0.25) is 4.79 Å². The average molecular weight is 576 g/mol. The smallest absolute Gasteiger partial charge is 0.341 e. The summed E-state index contributed by atoms with van der Waals surface area (Å²) in [6.07, 6.45) is 1.52. The standard InChI is InChI=1S/C29H25N3O4S3/c1-4-36-29(34)25-22(18-7-5-17(2)6-8-18)14-38-28(25)32-23(33)15-39-27-24-21(13-37-26(24)30-16-31-27)19-9-11-20(35-3)12-10-19/h5-14,16H,4,15H2,1-3H3,(H,32,33). The molecule has 5 rings (SSSR count). The van der Waals surface area contributed by atoms with Gasteiger partial charge in [-0.05, 0) is 37.1 Å². The monoisotopic (exact) mass is 575 g/mol. The van der Waals surface area contributed by atoms with Crippen LogP contribution in [-0.2, 0) is 9.53 Å². The molecule has 0 radical (unpaired) electrons. The number of carbonyl (C=O) groups excluding carboxylic acids is 2. The number of fused-ring (bicyclic) bond motifs is 1. The first kappa shape index (κ1) is 26.9. The van der Waals surface area contributed by atoms with Gasteiger partial charge < -0.3 is 14.8 Å². The molecule has 7 nitrogen and oxygen atoms in total. The van der Waals surface area contributed by atoms with E-state index in [0.717, 1.165) is 48.8 Å². The summed E-state index contributed by atoms with van der Waals surface area (Å²) >= 11 is 4.18. The molecule has 198 valence electrons. The molecule has 0 saturated heterocycles. The summed E-state index contributed by atoms with van der Waals surface area (Å²) in [5.41, 5.74) is 5.14. The maximum Gasteiger partial charge on any atom is 0.341 e. The van der Waals surface area contributed by atoms with E-state index in [4.69, 9.17) is 9.47 Å². The fourth-order valence-corrected chi connectivity index (χ4v) is 6.80. The van der Waals surface area contributed by atoms with Crippen molar-refractivity contribution in [1.82, 2.24) is 9.97 Å². The maximum atomic E-state index is 13.1. The van der Waals surface area contributed by atoms with Crippen molar-refractivity contribution in [2.24, 2.45) is 0 Å². The summed E-state index contributed by atoms with van der Waals surface area (Å²) in [5.74, 6) is 0.194. The third-order valence-corrected chi connectivity index (χ3v) is 8.73. The van der Waals surface area contributed by atoms with Gasteiger partial charge in [-0.25, -0.2) is 14.8 Å². The molecule has 5 aromatic rings. The van der Waals surface area contributed by atoms with Crippen LogP contribution < -0.4 is 10.1 Å². The number of aryl methyl sites for hydroxylation is 1. The van der Waals surface area contributed by atoms with E-state index in [9.17, 15) is 9.59 Å². The number of carbonyl (C=O) groups is 2. The number of hydrogen-bond acceptors (Lipinski definition) is 9. The van der Waals surface area contributed by atoms with Crippen molar-refractivity contribution in [3.63, 3.8) is 0 Å². The van der Waals surface area contributed by atoms with E-state index < -0.39 is 5.97 Å². The van der Waals surface area contributed by atoms with Crippen LogP contribution >= 0.6 is 34.4 Å². The van der Waals surface area contributed by atoms with E-state index in [1.54, 1.807) is 14.0 Å². The number of hydrogen-bond donors (Lipinski definition) is 1. The first-order chi connectivity index (χ1) is 19.0. The second-order valence-corrected chi connectivity index (χ2v) is 11.2. The Morgan fingerprint density at radius 3 is 2.36 bits per heavy atom. The highest BCUT2D eigenvalue weighted by Crippen LogP contribution is 2.39. The molecular weight excluding hydrogens is 551 g/mol. The normalized spacial score (nSPS) is 10.9. The number of nitrogens with zero attached hydrogens (tertiary/aromatic N) is 2. The maximum absolute atomic E-state index is 13.1. The molecule has 0 unspecified atom stereocenters. The Hall–Kier alpha value is -3.73. The van der Waals surface area contributed by atoms with E-state index in [1.807, 2.05) is 60.8 Å². The van der Waals surface area contributed by atoms with Gasteiger partial charge in [-0.2, -0.15) is 0 Å². The first-order valence-corrected chi connectivity index (χ1v) is 14.9. The van der Waals surface area contributed by atoms with E-state index in [0.29, 0.717) is 10.6 Å². The molecular formula is C29H25N3O4S3. The second kappa shape index (κ2) is 12.0. The molecule has 39 heavy (non-hydrogen) atoms. The number of methoxy groups -OCH3 is 1. The molecule has 2 aromatic carbocycles. The zero-order valence-electron chi connectivity index (χ0n) is 21.5. The molecule has 0 spiro atoms. The second-order valence-electron chi connectivity index (χ2n) is 8.51. The number of anilines is 1. The van der Waals surface area contributed by atoms with Crippen molar-refractivity contribution in [3.8, 4) is 28.0 Å². The summed E-state index contributed by atoms with van der Waals surface area (Å²) in [6.45, 7) is 4.01. The van der Waals surface area contributed by atoms with Crippen LogP contribution in [0.1, 0.15) is 22.8 Å². The number of esters is 1. The minimum atomic E-state index is -0.461. The number of aromatic nitrogens is 2. The molecule has 3 aromatic heterocycles. The fourth-order valence-electron chi connectivity index (χ4n) is 4.04. The molecule has 0 bridgehead atoms. The predicted molar refractivity (Wildman–Crippen MR) is 159 cm³/mol. The number of ether oxygens (including phenoxy) is 2. The predicted octanol–water partition coefficient (Wildman–Crippen LogP) is 7.31. The van der Waals surface area contributed by atoms with Crippen molar-refractivity contribution in [3.05, 3.63) is 76.7 Å². The van der Waals surface area contributed by atoms with Crippen LogP contribution in [0.5, 0.6) is 5.75 Å². The first-order valence-electron chi connectivity index (χ1n) is 12.1. The van der Waals surface area contributed by atoms with Gasteiger partial charge in [0.25, 0.3) is 0 Å². The fraction of sp³-hybridized carbons (Fsp3) is 0.172. The van der Waals surface area contributed by atoms with Crippen LogP contribution in [0.25, 0.3) is 32.5 Å². The topological polar surface area (TPSA) is 90.4 Å². The number of thioether (sulfide) groups is 1. The molecule has 3 heterocycles. The van der Waals surface area contributed by atoms with Crippen LogP contribution in [0.4, 0.5) is 5.00 Å². The van der Waals surface area contributed by atoms with E-state index >= 15 is 0 Å². The van der Waals surface area contributed by atoms with E-state index in [1.165, 1.54) is 40.8 Å². The molecule has 0 atom stereocenters. The van der Waals surface area contributed by atoms with Gasteiger partial charge in [-0.1, -0.05) is 53.7 Å². The Kier molecular flexibility index (Phi) is 8.25. The van der Waals surface area contributed by atoms with Gasteiger partial charge in [0.05, 0.1) is 24.9 Å². The third-order valence-electron chi connectivity index (χ3n) is 5.96. The lowest BCUT2D eigenvalue weighted by atomic mass is 10.0. The molecule has 1 N–H and O–H groups in total. The van der Waals surface area contributed by atoms with Crippen LogP contribution in [0.3, 0.4) is 0 Å². The average Bonchev–Trinajstić information content (AvgIpc) is 3.57. The molecule has 10 heteroatoms. The summed E-state index contributed by atoms with van der Waals surface area (Å²) in [6, 6.07) is 15.7. The van der Waals surface area contributed by atoms with E-state index in [2.05, 4.69) is 20.7 Å². The van der Waals surface area contributed by atoms with Crippen molar-refractivity contribution in [2.45, 2.75) is 18.9 Å². The number of nitrogens with one attached hydrogen (secondary N) is 1. The largest absolute Gasteiger partial charge is 0.497 e. The zero-order valence-corrected chi connectivity index (χ0v) is 24.0. The van der Waals surface area contributed by atoms with Gasteiger partial charge in [0.15, 0.2) is 0 Å². The lowest BCUT2D eigenvalue weighted by Crippen LogP contribution is -2.16. The molecule has 0 saturated carbocycles. The van der Waals surface area contributed by atoms with Crippen LogP contribution in [0.2, 0.25) is 0 Å². The van der Waals surface area contributed by atoms with Gasteiger partial charge >= 0.3 is 5.97 Å². The van der Waals surface area contributed by atoms with Crippen molar-refractivity contribution < 1.29 is 19.1 Å². The van der Waals surface area contributed by atoms with Gasteiger partial charge in [0, 0.05) is 21.9 Å². The van der Waals surface area contributed by atoms with Crippen molar-refractivity contribution in [2.75, 3.05) is 24.8 Å². The summed E-state index contributed by atoms with van der Waals surface area (Å²) in [4.78, 5) is 35.7. The Labute approximate surface area is 238 Å². The Morgan fingerprint density at radius 2 is 1.64 bits per heavy atom. The Bertz CT molecular complexity index is 1630. The van der Waals surface area contributed by atoms with Gasteiger partial charge in [0.2, 0.25) is 5.91 Å². The van der Waals surface area contributed by atoms with Crippen LogP contribution in [0, 0.1) is 6.92 Å². The highest BCUT2D eigenvalue weighted by Gasteiger charge is 2.23. The third kappa shape index (κ3) is 5.83. The van der Waals surface area contributed by atoms with E-state index in [-0.39, 0.29) is 18.3 Å². The Balaban J connectivity index is 1.37. The van der Waals surface area contributed by atoms with Gasteiger partial charge in [0.1, 0.15) is 32.5 Å². The van der Waals surface area contributed by atoms with Crippen molar-refractivity contribution >= 4 is 61.5 Å². The lowest BCUT2D eigenvalue weighted by molar-refractivity contribution is -0.113. The highest BCUT2D eigenvalue weighted by molar-refractivity contribution is 8.00. The van der Waals surface area contributed by atoms with Crippen LogP contribution in [0.15, 0.2) is 70.6 Å². The minimum absolute atomic E-state index is 0.115. The Morgan fingerprint density at radius 1 is 0.949 bits per heavy atom. The van der Waals surface area contributed by atoms with Gasteiger partial charge in [-0.15, -0.1) is 22.7 Å².